The zero-order valence-electron chi connectivity index (χ0n) is 10.4. The first kappa shape index (κ1) is 19.5. The zero-order valence-corrected chi connectivity index (χ0v) is 12.1. The first-order valence-electron chi connectivity index (χ1n) is 5.11. The van der Waals surface area contributed by atoms with Gasteiger partial charge in [0.05, 0.1) is 6.20 Å². The molecule has 0 unspecified atom stereocenters. The van der Waals surface area contributed by atoms with E-state index in [2.05, 4.69) is 4.98 Å². The molecule has 0 spiro atoms. The molecule has 0 radical (unpaired) electrons. The Bertz CT molecular complexity index is 741. The van der Waals surface area contributed by atoms with E-state index in [1.54, 1.807) is 0 Å². The molecule has 0 fully saturated rings. The van der Waals surface area contributed by atoms with Crippen molar-refractivity contribution in [1.82, 2.24) is 4.98 Å². The van der Waals surface area contributed by atoms with Crippen molar-refractivity contribution >= 4 is 19.7 Å². The summed E-state index contributed by atoms with van der Waals surface area (Å²) < 4.78 is 129. The molecule has 23 heavy (non-hydrogen) atoms. The summed E-state index contributed by atoms with van der Waals surface area (Å²) in [6.45, 7) is -2.07. The van der Waals surface area contributed by atoms with Gasteiger partial charge in [0.15, 0.2) is 0 Å². The van der Waals surface area contributed by atoms with Gasteiger partial charge in [-0.3, -0.25) is 16.8 Å². The smallest absolute Gasteiger partial charge is 0.252 e. The fourth-order valence-electron chi connectivity index (χ4n) is 1.21. The van der Waals surface area contributed by atoms with Crippen molar-refractivity contribution in [3.63, 3.8) is 0 Å². The van der Waals surface area contributed by atoms with Gasteiger partial charge in [-0.2, -0.15) is 26.3 Å². The van der Waals surface area contributed by atoms with Crippen LogP contribution in [0.15, 0.2) is 18.5 Å². The average Bonchev–Trinajstić information content (AvgIpc) is 2.34. The van der Waals surface area contributed by atoms with E-state index in [9.17, 15) is 47.6 Å². The maximum absolute atomic E-state index is 13.2. The molecule has 0 atom stereocenters. The molecular weight excluding hydrogens is 385 g/mol. The SMILES string of the molecule is O=S(=O)([C-](C[n+]1cccnc1F)S(=O)(=O)C(F)(F)F)C(F)(F)F. The third-order valence-electron chi connectivity index (χ3n) is 2.28. The number of halogens is 7. The molecule has 1 aromatic heterocycles. The highest BCUT2D eigenvalue weighted by Crippen LogP contribution is 2.40. The molecule has 0 aliphatic heterocycles. The molecule has 0 amide bonds. The number of hydrogen-bond donors (Lipinski definition) is 0. The molecule has 1 heterocycles. The molecule has 1 rings (SSSR count). The van der Waals surface area contributed by atoms with E-state index >= 15 is 0 Å². The van der Waals surface area contributed by atoms with Gasteiger partial charge in [-0.05, 0) is 9.57 Å². The van der Waals surface area contributed by atoms with Crippen molar-refractivity contribution in [1.29, 1.82) is 0 Å². The highest BCUT2D eigenvalue weighted by molar-refractivity contribution is 8.13. The number of nitrogens with zero attached hydrogens (tertiary/aromatic N) is 2. The molecule has 0 aromatic carbocycles. The van der Waals surface area contributed by atoms with Crippen LogP contribution in [-0.2, 0) is 26.2 Å². The molecule has 6 nitrogen and oxygen atoms in total. The van der Waals surface area contributed by atoms with Crippen molar-refractivity contribution in [3.8, 4) is 0 Å². The summed E-state index contributed by atoms with van der Waals surface area (Å²) in [5.41, 5.74) is -12.7. The van der Waals surface area contributed by atoms with Crippen molar-refractivity contribution in [3.05, 3.63) is 29.1 Å². The lowest BCUT2D eigenvalue weighted by molar-refractivity contribution is -0.721. The third kappa shape index (κ3) is 3.70. The molecule has 0 aliphatic rings. The number of aromatic nitrogens is 2. The maximum Gasteiger partial charge on any atom is 0.485 e. The van der Waals surface area contributed by atoms with Crippen LogP contribution in [0.2, 0.25) is 0 Å². The minimum atomic E-state index is -6.90. The predicted molar refractivity (Wildman–Crippen MR) is 57.6 cm³/mol. The monoisotopic (exact) mass is 390 g/mol. The summed E-state index contributed by atoms with van der Waals surface area (Å²) in [6.07, 6.45) is -0.429. The van der Waals surface area contributed by atoms with Gasteiger partial charge in [0.2, 0.25) is 0 Å². The number of rotatable bonds is 4. The van der Waals surface area contributed by atoms with Crippen LogP contribution in [0, 0.1) is 10.7 Å². The van der Waals surface area contributed by atoms with Crippen LogP contribution >= 0.6 is 0 Å². The van der Waals surface area contributed by atoms with Gasteiger partial charge >= 0.3 is 17.1 Å². The highest BCUT2D eigenvalue weighted by atomic mass is 32.3. The Morgan fingerprint density at radius 1 is 1.00 bits per heavy atom. The Balaban J connectivity index is 3.56. The van der Waals surface area contributed by atoms with Gasteiger partial charge in [0, 0.05) is 12.6 Å². The molecule has 0 bridgehead atoms. The Labute approximate surface area is 124 Å². The number of hydrogen-bond acceptors (Lipinski definition) is 5. The molecule has 0 saturated heterocycles. The summed E-state index contributed by atoms with van der Waals surface area (Å²) in [7, 11) is -13.8. The quantitative estimate of drug-likeness (QED) is 0.330. The van der Waals surface area contributed by atoms with Gasteiger partial charge in [-0.25, -0.2) is 4.57 Å². The molecule has 15 heteroatoms. The minimum absolute atomic E-state index is 0.137. The van der Waals surface area contributed by atoms with Crippen molar-refractivity contribution in [2.45, 2.75) is 17.6 Å². The Morgan fingerprint density at radius 3 is 1.78 bits per heavy atom. The lowest BCUT2D eigenvalue weighted by atomic mass is 10.6. The van der Waals surface area contributed by atoms with E-state index in [4.69, 9.17) is 0 Å². The van der Waals surface area contributed by atoms with E-state index in [1.807, 2.05) is 0 Å². The Kier molecular flexibility index (Phi) is 4.97. The fraction of sp³-hybridized carbons (Fsp3) is 0.375. The second kappa shape index (κ2) is 5.85. The predicted octanol–water partition coefficient (Wildman–Crippen LogP) is 0.867. The second-order valence-electron chi connectivity index (χ2n) is 3.79. The van der Waals surface area contributed by atoms with Crippen molar-refractivity contribution in [2.24, 2.45) is 0 Å². The number of sulfone groups is 2. The standard InChI is InChI=1S/C8H5F7N2O4S2/c9-6-16-2-1-3-17(6)4-5(22(18,19)7(10,11)12)23(20,21)8(13,14)15/h1-3H,4H2. The molecule has 0 aliphatic carbocycles. The van der Waals surface area contributed by atoms with Crippen LogP contribution in [0.1, 0.15) is 0 Å². The van der Waals surface area contributed by atoms with E-state index in [0.29, 0.717) is 6.20 Å². The molecule has 0 N–H and O–H groups in total. The minimum Gasteiger partial charge on any atom is -0.252 e. The lowest BCUT2D eigenvalue weighted by Crippen LogP contribution is -2.49. The van der Waals surface area contributed by atoms with Gasteiger partial charge in [0.1, 0.15) is 25.9 Å². The van der Waals surface area contributed by atoms with Gasteiger partial charge in [-0.15, -0.1) is 4.39 Å². The second-order valence-corrected chi connectivity index (χ2v) is 7.97. The summed E-state index contributed by atoms with van der Waals surface area (Å²) in [4.78, 5) is 2.85. The average molecular weight is 390 g/mol. The van der Waals surface area contributed by atoms with Crippen molar-refractivity contribution in [2.75, 3.05) is 0 Å². The fourth-order valence-corrected chi connectivity index (χ4v) is 4.07. The molecule has 1 aromatic rings. The topological polar surface area (TPSA) is 85.1 Å². The van der Waals surface area contributed by atoms with Crippen LogP contribution in [-0.4, -0.2) is 32.8 Å². The molecule has 0 saturated carbocycles. The Hall–Kier alpha value is -1.51. The maximum atomic E-state index is 13.2. The van der Waals surface area contributed by atoms with E-state index in [-0.39, 0.29) is 4.57 Å². The van der Waals surface area contributed by atoms with Crippen LogP contribution in [0.5, 0.6) is 0 Å². The summed E-state index contributed by atoms with van der Waals surface area (Å²) in [6, 6.07) is 0.834. The van der Waals surface area contributed by atoms with Gasteiger partial charge in [-0.1, -0.05) is 0 Å². The van der Waals surface area contributed by atoms with E-state index in [1.165, 1.54) is 0 Å². The van der Waals surface area contributed by atoms with Crippen LogP contribution in [0.3, 0.4) is 0 Å². The lowest BCUT2D eigenvalue weighted by Gasteiger charge is -2.30. The first-order valence-corrected chi connectivity index (χ1v) is 8.07. The Morgan fingerprint density at radius 2 is 1.43 bits per heavy atom. The van der Waals surface area contributed by atoms with Crippen LogP contribution in [0.4, 0.5) is 30.7 Å². The highest BCUT2D eigenvalue weighted by Gasteiger charge is 2.54. The van der Waals surface area contributed by atoms with Gasteiger partial charge in [0.25, 0.3) is 0 Å². The van der Waals surface area contributed by atoms with Gasteiger partial charge < -0.3 is 0 Å². The zero-order chi connectivity index (χ0) is 18.3. The first-order chi connectivity index (χ1) is 10.1. The number of alkyl halides is 6. The summed E-state index contributed by atoms with van der Waals surface area (Å²) >= 11 is 0. The van der Waals surface area contributed by atoms with E-state index < -0.39 is 47.9 Å². The third-order valence-corrected chi connectivity index (χ3v) is 6.27. The molecule has 132 valence electrons. The largest absolute Gasteiger partial charge is 0.485 e. The summed E-state index contributed by atoms with van der Waals surface area (Å²) in [5.74, 6) is 0. The van der Waals surface area contributed by atoms with Crippen LogP contribution in [0.25, 0.3) is 0 Å². The normalized spacial score (nSPS) is 14.3. The van der Waals surface area contributed by atoms with Crippen LogP contribution < -0.4 is 4.57 Å². The molecular formula is C8H5F7N2O4S2. The van der Waals surface area contributed by atoms with Crippen molar-refractivity contribution < 1.29 is 52.1 Å². The van der Waals surface area contributed by atoms with E-state index in [0.717, 1.165) is 12.3 Å². The summed E-state index contributed by atoms with van der Waals surface area (Å²) in [5, 5.41) is 0.